The molecule has 0 bridgehead atoms. The number of likely N-dealkylation sites (tertiary alicyclic amines) is 1. The minimum absolute atomic E-state index is 0.220. The van der Waals surface area contributed by atoms with Crippen LogP contribution in [0.1, 0.15) is 12.8 Å². The summed E-state index contributed by atoms with van der Waals surface area (Å²) in [4.78, 5) is 13.8. The van der Waals surface area contributed by atoms with Crippen LogP contribution in [-0.2, 0) is 24.7 Å². The minimum atomic E-state index is -4.02. The van der Waals surface area contributed by atoms with Crippen molar-refractivity contribution in [2.24, 2.45) is 0 Å². The highest BCUT2D eigenvalue weighted by Gasteiger charge is 2.32. The Kier molecular flexibility index (Phi) is 6.35. The second-order valence-corrected chi connectivity index (χ2v) is 10.7. The molecule has 0 atom stereocenters. The molecule has 0 aliphatic carbocycles. The van der Waals surface area contributed by atoms with E-state index < -0.39 is 43.4 Å². The van der Waals surface area contributed by atoms with Gasteiger partial charge in [-0.25, -0.2) is 25.9 Å². The van der Waals surface area contributed by atoms with E-state index in [-0.39, 0.29) is 35.7 Å². The molecule has 2 aromatic rings. The Bertz CT molecular complexity index is 1080. The fourth-order valence-corrected chi connectivity index (χ4v) is 5.96. The number of amides is 1. The molecule has 0 unspecified atom stereocenters. The molecule has 3 rings (SSSR count). The van der Waals surface area contributed by atoms with E-state index in [1.807, 2.05) is 0 Å². The van der Waals surface area contributed by atoms with Crippen molar-refractivity contribution in [1.82, 2.24) is 9.62 Å². The number of sulfone groups is 1. The first-order valence-corrected chi connectivity index (χ1v) is 12.0. The average Bonchev–Trinajstić information content (AvgIpc) is 2.73. The molecule has 0 radical (unpaired) electrons. The highest BCUT2D eigenvalue weighted by atomic mass is 32.2. The number of nitrogens with one attached hydrogen (secondary N) is 1. The number of piperidine rings is 1. The molecule has 7 nitrogen and oxygen atoms in total. The first-order valence-electron chi connectivity index (χ1n) is 9.02. The van der Waals surface area contributed by atoms with Gasteiger partial charge in [0, 0.05) is 13.1 Å². The molecule has 0 aromatic heterocycles. The molecular weight excluding hydrogens is 419 g/mol. The monoisotopic (exact) mass is 440 g/mol. The number of halogens is 1. The first kappa shape index (κ1) is 21.4. The molecule has 156 valence electrons. The number of benzene rings is 2. The first-order chi connectivity index (χ1) is 13.7. The Hall–Kier alpha value is -2.30. The van der Waals surface area contributed by atoms with E-state index in [4.69, 9.17) is 0 Å². The van der Waals surface area contributed by atoms with Crippen LogP contribution in [0.2, 0.25) is 0 Å². The molecule has 1 fully saturated rings. The van der Waals surface area contributed by atoms with E-state index >= 15 is 0 Å². The lowest BCUT2D eigenvalue weighted by molar-refractivity contribution is -0.130. The van der Waals surface area contributed by atoms with Gasteiger partial charge in [0.25, 0.3) is 0 Å². The van der Waals surface area contributed by atoms with Crippen LogP contribution >= 0.6 is 0 Å². The van der Waals surface area contributed by atoms with E-state index in [0.717, 1.165) is 12.1 Å². The zero-order valence-corrected chi connectivity index (χ0v) is 17.1. The number of nitrogens with zero attached hydrogens (tertiary/aromatic N) is 1. The van der Waals surface area contributed by atoms with E-state index in [9.17, 15) is 26.0 Å². The Morgan fingerprint density at radius 1 is 0.966 bits per heavy atom. The maximum Gasteiger partial charge on any atom is 0.241 e. The molecule has 10 heteroatoms. The predicted octanol–water partition coefficient (Wildman–Crippen LogP) is 1.57. The lowest BCUT2D eigenvalue weighted by Gasteiger charge is -2.31. The average molecular weight is 441 g/mol. The second-order valence-electron chi connectivity index (χ2n) is 6.72. The molecule has 1 N–H and O–H groups in total. The van der Waals surface area contributed by atoms with Crippen LogP contribution in [0.25, 0.3) is 0 Å². The zero-order valence-electron chi connectivity index (χ0n) is 15.5. The quantitative estimate of drug-likeness (QED) is 0.735. The fourth-order valence-electron chi connectivity index (χ4n) is 3.20. The van der Waals surface area contributed by atoms with Gasteiger partial charge in [-0.15, -0.1) is 0 Å². The number of carbonyl (C=O) groups is 1. The van der Waals surface area contributed by atoms with E-state index in [1.54, 1.807) is 30.3 Å². The Morgan fingerprint density at radius 2 is 1.59 bits per heavy atom. The molecule has 1 heterocycles. The highest BCUT2D eigenvalue weighted by Crippen LogP contribution is 2.24. The van der Waals surface area contributed by atoms with Crippen molar-refractivity contribution in [2.45, 2.75) is 27.9 Å². The Morgan fingerprint density at radius 3 is 2.21 bits per heavy atom. The Balaban J connectivity index is 1.57. The van der Waals surface area contributed by atoms with Gasteiger partial charge in [-0.2, -0.15) is 0 Å². The van der Waals surface area contributed by atoms with Gasteiger partial charge < -0.3 is 4.90 Å². The lowest BCUT2D eigenvalue weighted by atomic mass is 10.1. The summed E-state index contributed by atoms with van der Waals surface area (Å²) in [6, 6.07) is 12.7. The lowest BCUT2D eigenvalue weighted by Crippen LogP contribution is -2.46. The number of hydrogen-bond donors (Lipinski definition) is 1. The van der Waals surface area contributed by atoms with Crippen LogP contribution in [0.3, 0.4) is 0 Å². The van der Waals surface area contributed by atoms with Gasteiger partial charge in [-0.3, -0.25) is 4.79 Å². The normalized spacial score (nSPS) is 16.0. The van der Waals surface area contributed by atoms with Crippen LogP contribution < -0.4 is 4.72 Å². The van der Waals surface area contributed by atoms with Crippen molar-refractivity contribution in [2.75, 3.05) is 19.6 Å². The second kappa shape index (κ2) is 8.60. The standard InChI is InChI=1S/C19H21FN2O5S2/c20-15-5-4-8-18(13-15)29(26,27)21-14-19(23)22-11-9-17(10-12-22)28(24,25)16-6-2-1-3-7-16/h1-8,13,17,21H,9-12,14H2. The summed E-state index contributed by atoms with van der Waals surface area (Å²) in [5.41, 5.74) is 0. The molecule has 0 saturated carbocycles. The van der Waals surface area contributed by atoms with Crippen LogP contribution in [-0.4, -0.2) is 52.5 Å². The van der Waals surface area contributed by atoms with Crippen LogP contribution in [0.5, 0.6) is 0 Å². The van der Waals surface area contributed by atoms with Crippen molar-refractivity contribution in [3.63, 3.8) is 0 Å². The van der Waals surface area contributed by atoms with Crippen LogP contribution in [0.15, 0.2) is 64.4 Å². The molecule has 1 saturated heterocycles. The van der Waals surface area contributed by atoms with E-state index in [1.165, 1.54) is 17.0 Å². The molecule has 1 aliphatic heterocycles. The number of carbonyl (C=O) groups excluding carboxylic acids is 1. The van der Waals surface area contributed by atoms with Crippen molar-refractivity contribution in [3.05, 3.63) is 60.4 Å². The molecular formula is C19H21FN2O5S2. The smallest absolute Gasteiger partial charge is 0.241 e. The third kappa shape index (κ3) is 5.01. The van der Waals surface area contributed by atoms with Gasteiger partial charge in [0.2, 0.25) is 15.9 Å². The van der Waals surface area contributed by atoms with Gasteiger partial charge in [0.05, 0.1) is 21.6 Å². The largest absolute Gasteiger partial charge is 0.341 e. The summed E-state index contributed by atoms with van der Waals surface area (Å²) in [6.45, 7) is -0.0382. The minimum Gasteiger partial charge on any atom is -0.341 e. The van der Waals surface area contributed by atoms with Gasteiger partial charge >= 0.3 is 0 Å². The zero-order chi connectivity index (χ0) is 21.1. The van der Waals surface area contributed by atoms with Gasteiger partial charge in [0.1, 0.15) is 5.82 Å². The summed E-state index contributed by atoms with van der Waals surface area (Å²) in [7, 11) is -7.49. The number of rotatable bonds is 6. The summed E-state index contributed by atoms with van der Waals surface area (Å²) < 4.78 is 65.1. The predicted molar refractivity (Wildman–Crippen MR) is 105 cm³/mol. The maximum absolute atomic E-state index is 13.2. The third-order valence-corrected chi connectivity index (χ3v) is 8.50. The van der Waals surface area contributed by atoms with Crippen LogP contribution in [0, 0.1) is 5.82 Å². The number of hydrogen-bond acceptors (Lipinski definition) is 5. The molecule has 1 amide bonds. The van der Waals surface area contributed by atoms with Crippen molar-refractivity contribution in [1.29, 1.82) is 0 Å². The summed E-state index contributed by atoms with van der Waals surface area (Å²) >= 11 is 0. The summed E-state index contributed by atoms with van der Waals surface area (Å²) in [6.07, 6.45) is 0.555. The Labute approximate surface area is 169 Å². The van der Waals surface area contributed by atoms with Gasteiger partial charge in [0.15, 0.2) is 9.84 Å². The van der Waals surface area contributed by atoms with Gasteiger partial charge in [-0.05, 0) is 43.2 Å². The van der Waals surface area contributed by atoms with Gasteiger partial charge in [-0.1, -0.05) is 24.3 Å². The SMILES string of the molecule is O=C(CNS(=O)(=O)c1cccc(F)c1)N1CCC(S(=O)(=O)c2ccccc2)CC1. The third-order valence-electron chi connectivity index (χ3n) is 4.83. The van der Waals surface area contributed by atoms with E-state index in [2.05, 4.69) is 4.72 Å². The van der Waals surface area contributed by atoms with Crippen molar-refractivity contribution in [3.8, 4) is 0 Å². The van der Waals surface area contributed by atoms with E-state index in [0.29, 0.717) is 0 Å². The topological polar surface area (TPSA) is 101 Å². The highest BCUT2D eigenvalue weighted by molar-refractivity contribution is 7.92. The molecule has 1 aliphatic rings. The summed E-state index contributed by atoms with van der Waals surface area (Å²) in [5.74, 6) is -1.15. The van der Waals surface area contributed by atoms with Crippen molar-refractivity contribution >= 4 is 25.8 Å². The van der Waals surface area contributed by atoms with Crippen molar-refractivity contribution < 1.29 is 26.0 Å². The molecule has 29 heavy (non-hydrogen) atoms. The molecule has 2 aromatic carbocycles. The molecule has 0 spiro atoms. The van der Waals surface area contributed by atoms with Crippen LogP contribution in [0.4, 0.5) is 4.39 Å². The fraction of sp³-hybridized carbons (Fsp3) is 0.316. The maximum atomic E-state index is 13.2. The number of sulfonamides is 1. The summed E-state index contributed by atoms with van der Waals surface area (Å²) in [5, 5.41) is -0.585.